The predicted molar refractivity (Wildman–Crippen MR) is 85.5 cm³/mol. The van der Waals surface area contributed by atoms with E-state index in [4.69, 9.17) is 9.57 Å². The van der Waals surface area contributed by atoms with E-state index in [0.717, 1.165) is 0 Å². The van der Waals surface area contributed by atoms with E-state index in [0.29, 0.717) is 24.4 Å². The summed E-state index contributed by atoms with van der Waals surface area (Å²) >= 11 is 0. The molecule has 25 heavy (non-hydrogen) atoms. The van der Waals surface area contributed by atoms with Crippen molar-refractivity contribution in [3.8, 4) is 0 Å². The molecule has 10 heteroatoms. The van der Waals surface area contributed by atoms with Gasteiger partial charge in [0.15, 0.2) is 0 Å². The first kappa shape index (κ1) is 19.3. The second-order valence-electron chi connectivity index (χ2n) is 7.35. The van der Waals surface area contributed by atoms with Crippen LogP contribution in [0, 0.1) is 0 Å². The molecule has 4 amide bonds. The number of fused-ring (bicyclic) bond motifs is 2. The third-order valence-corrected chi connectivity index (χ3v) is 3.92. The molecule has 0 radical (unpaired) electrons. The van der Waals surface area contributed by atoms with Gasteiger partial charge in [-0.05, 0) is 40.5 Å². The Labute approximate surface area is 146 Å². The molecular formula is C15H26N4O6. The van der Waals surface area contributed by atoms with Crippen LogP contribution in [0.5, 0.6) is 0 Å². The van der Waals surface area contributed by atoms with E-state index in [1.54, 1.807) is 27.7 Å². The maximum atomic E-state index is 12.2. The van der Waals surface area contributed by atoms with Crippen molar-refractivity contribution < 1.29 is 29.2 Å². The van der Waals surface area contributed by atoms with Gasteiger partial charge in [0, 0.05) is 6.54 Å². The summed E-state index contributed by atoms with van der Waals surface area (Å²) in [5, 5.41) is 12.9. The van der Waals surface area contributed by atoms with E-state index in [1.807, 2.05) is 0 Å². The molecule has 0 aromatic rings. The van der Waals surface area contributed by atoms with Gasteiger partial charge in [-0.3, -0.25) is 14.8 Å². The summed E-state index contributed by atoms with van der Waals surface area (Å²) in [5.74, 6) is -0.452. The number of nitrogens with zero attached hydrogens (tertiary/aromatic N) is 2. The molecule has 3 atom stereocenters. The number of hydroxylamine groups is 3. The van der Waals surface area contributed by atoms with Crippen LogP contribution in [-0.4, -0.2) is 70.1 Å². The van der Waals surface area contributed by atoms with E-state index < -0.39 is 29.7 Å². The summed E-state index contributed by atoms with van der Waals surface area (Å²) < 4.78 is 5.12. The third-order valence-electron chi connectivity index (χ3n) is 3.92. The van der Waals surface area contributed by atoms with Crippen molar-refractivity contribution in [1.29, 1.82) is 0 Å². The molecule has 0 saturated carbocycles. The van der Waals surface area contributed by atoms with Crippen molar-refractivity contribution in [2.75, 3.05) is 13.2 Å². The number of hydrogen-bond donors (Lipinski definition) is 3. The number of nitrogens with one attached hydrogen (secondary N) is 2. The first-order valence-corrected chi connectivity index (χ1v) is 8.28. The number of urea groups is 1. The zero-order chi connectivity index (χ0) is 18.8. The largest absolute Gasteiger partial charge is 0.444 e. The second kappa shape index (κ2) is 7.44. The molecule has 0 aliphatic carbocycles. The molecule has 3 N–H and O–H groups in total. The average Bonchev–Trinajstić information content (AvgIpc) is 2.70. The number of rotatable bonds is 5. The Morgan fingerprint density at radius 2 is 2.04 bits per heavy atom. The number of amides is 4. The van der Waals surface area contributed by atoms with E-state index in [2.05, 4.69) is 10.8 Å². The van der Waals surface area contributed by atoms with E-state index in [1.165, 1.54) is 4.90 Å². The lowest BCUT2D eigenvalue weighted by Gasteiger charge is -2.29. The fraction of sp³-hybridized carbons (Fsp3) is 0.800. The predicted octanol–water partition coefficient (Wildman–Crippen LogP) is 0.605. The van der Waals surface area contributed by atoms with Crippen LogP contribution >= 0.6 is 0 Å². The van der Waals surface area contributed by atoms with Crippen LogP contribution < -0.4 is 10.8 Å². The molecular weight excluding hydrogens is 332 g/mol. The van der Waals surface area contributed by atoms with Gasteiger partial charge in [-0.15, -0.1) is 0 Å². The highest BCUT2D eigenvalue weighted by Gasteiger charge is 2.46. The van der Waals surface area contributed by atoms with Crippen molar-refractivity contribution in [2.45, 2.75) is 64.3 Å². The molecule has 0 aromatic heterocycles. The minimum absolute atomic E-state index is 0.0421. The number of ether oxygens (including phenoxy) is 1. The Hall–Kier alpha value is -2.07. The Morgan fingerprint density at radius 1 is 1.36 bits per heavy atom. The van der Waals surface area contributed by atoms with Crippen LogP contribution in [-0.2, 0) is 14.4 Å². The molecule has 2 rings (SSSR count). The van der Waals surface area contributed by atoms with Crippen molar-refractivity contribution >= 4 is 18.0 Å². The van der Waals surface area contributed by atoms with Crippen LogP contribution in [0.15, 0.2) is 0 Å². The minimum Gasteiger partial charge on any atom is -0.444 e. The maximum Gasteiger partial charge on any atom is 0.407 e. The lowest BCUT2D eigenvalue weighted by atomic mass is 10.0. The highest BCUT2D eigenvalue weighted by molar-refractivity contribution is 5.87. The average molecular weight is 358 g/mol. The molecule has 2 aliphatic rings. The van der Waals surface area contributed by atoms with E-state index in [-0.39, 0.29) is 18.7 Å². The van der Waals surface area contributed by atoms with Gasteiger partial charge in [0.25, 0.3) is 5.91 Å². The molecule has 10 nitrogen and oxygen atoms in total. The fourth-order valence-electron chi connectivity index (χ4n) is 2.78. The summed E-state index contributed by atoms with van der Waals surface area (Å²) in [6, 6.07) is -1.87. The Balaban J connectivity index is 1.72. The van der Waals surface area contributed by atoms with Gasteiger partial charge in [0.2, 0.25) is 0 Å². The van der Waals surface area contributed by atoms with E-state index in [9.17, 15) is 19.6 Å². The molecule has 2 heterocycles. The van der Waals surface area contributed by atoms with Crippen LogP contribution in [0.2, 0.25) is 0 Å². The molecule has 0 aromatic carbocycles. The van der Waals surface area contributed by atoms with Crippen LogP contribution in [0.25, 0.3) is 0 Å². The van der Waals surface area contributed by atoms with Gasteiger partial charge < -0.3 is 15.0 Å². The molecule has 1 unspecified atom stereocenters. The summed E-state index contributed by atoms with van der Waals surface area (Å²) in [4.78, 5) is 42.1. The van der Waals surface area contributed by atoms with Crippen molar-refractivity contribution in [1.82, 2.24) is 20.8 Å². The fourth-order valence-corrected chi connectivity index (χ4v) is 2.78. The van der Waals surface area contributed by atoms with Crippen LogP contribution in [0.1, 0.15) is 40.5 Å². The Kier molecular flexibility index (Phi) is 5.73. The third kappa shape index (κ3) is 4.95. The Morgan fingerprint density at radius 3 is 2.68 bits per heavy atom. The Bertz CT molecular complexity index is 535. The van der Waals surface area contributed by atoms with Gasteiger partial charge in [-0.25, -0.2) is 20.1 Å². The molecule has 2 aliphatic heterocycles. The maximum absolute atomic E-state index is 12.2. The first-order valence-electron chi connectivity index (χ1n) is 8.28. The van der Waals surface area contributed by atoms with Crippen molar-refractivity contribution in [3.63, 3.8) is 0 Å². The zero-order valence-electron chi connectivity index (χ0n) is 14.9. The quantitative estimate of drug-likeness (QED) is 0.489. The molecule has 142 valence electrons. The second-order valence-corrected chi connectivity index (χ2v) is 7.35. The molecule has 2 fully saturated rings. The van der Waals surface area contributed by atoms with E-state index >= 15 is 0 Å². The van der Waals surface area contributed by atoms with Crippen molar-refractivity contribution in [2.24, 2.45) is 0 Å². The zero-order valence-corrected chi connectivity index (χ0v) is 14.9. The number of carbonyl (C=O) groups excluding carboxylic acids is 3. The number of carbonyl (C=O) groups is 3. The van der Waals surface area contributed by atoms with Crippen LogP contribution in [0.4, 0.5) is 9.59 Å². The van der Waals surface area contributed by atoms with Crippen molar-refractivity contribution in [3.05, 3.63) is 0 Å². The van der Waals surface area contributed by atoms with Gasteiger partial charge in [0.05, 0.1) is 18.7 Å². The number of alkyl carbamates (subject to hydrolysis) is 1. The standard InChI is InChI=1S/C15H26N4O6/c1-9(16-13(21)25-15(2,3)4)8-24-17-12(20)11-6-5-10-7-18(11)14(22)19(10)23/h9-11,23H,5-8H2,1-4H3,(H,16,21)(H,17,20)/t9-,10?,11-/m0/s1. The van der Waals surface area contributed by atoms with Gasteiger partial charge in [-0.1, -0.05) is 0 Å². The summed E-state index contributed by atoms with van der Waals surface area (Å²) in [6.45, 7) is 7.35. The highest BCUT2D eigenvalue weighted by Crippen LogP contribution is 2.28. The summed E-state index contributed by atoms with van der Waals surface area (Å²) in [7, 11) is 0. The molecule has 2 saturated heterocycles. The van der Waals surface area contributed by atoms with Gasteiger partial charge in [0.1, 0.15) is 11.6 Å². The topological polar surface area (TPSA) is 120 Å². The minimum atomic E-state index is -0.671. The summed E-state index contributed by atoms with van der Waals surface area (Å²) in [5.41, 5.74) is 1.70. The smallest absolute Gasteiger partial charge is 0.407 e. The monoisotopic (exact) mass is 358 g/mol. The molecule has 2 bridgehead atoms. The number of piperidine rings is 1. The van der Waals surface area contributed by atoms with Gasteiger partial charge >= 0.3 is 12.1 Å². The lowest BCUT2D eigenvalue weighted by molar-refractivity contribution is -0.139. The van der Waals surface area contributed by atoms with Crippen LogP contribution in [0.3, 0.4) is 0 Å². The lowest BCUT2D eigenvalue weighted by Crippen LogP contribution is -2.50. The molecule has 0 spiro atoms. The highest BCUT2D eigenvalue weighted by atomic mass is 16.7. The van der Waals surface area contributed by atoms with Gasteiger partial charge in [-0.2, -0.15) is 0 Å². The number of hydrogen-bond acceptors (Lipinski definition) is 6. The first-order chi connectivity index (χ1) is 11.6. The summed E-state index contributed by atoms with van der Waals surface area (Å²) in [6.07, 6.45) is 0.431. The SMILES string of the molecule is C[C@@H](CONC(=O)[C@@H]1CCC2CN1C(=O)N2O)NC(=O)OC(C)(C)C. The normalized spacial score (nSPS) is 24.1.